The standard InChI is InChI=1S/C19H18N2O4/c22-17(23)11-25-16-8-4-2-6-14(16)18-20-15-7-3-1-5-13(15)19(24)21(18)12-9-10-12/h1-8,12,18,20H,9-11H2,(H,22,23)/p-1/t18-/m0/s1. The molecule has 0 bridgehead atoms. The topological polar surface area (TPSA) is 81.7 Å². The smallest absolute Gasteiger partial charge is 0.258 e. The lowest BCUT2D eigenvalue weighted by atomic mass is 10.0. The monoisotopic (exact) mass is 337 g/mol. The molecular weight excluding hydrogens is 320 g/mol. The molecule has 4 rings (SSSR count). The Labute approximate surface area is 145 Å². The summed E-state index contributed by atoms with van der Waals surface area (Å²) < 4.78 is 5.38. The predicted octanol–water partition coefficient (Wildman–Crippen LogP) is 1.54. The summed E-state index contributed by atoms with van der Waals surface area (Å²) in [5.41, 5.74) is 2.15. The summed E-state index contributed by atoms with van der Waals surface area (Å²) in [7, 11) is 0. The average molecular weight is 337 g/mol. The van der Waals surface area contributed by atoms with Gasteiger partial charge in [-0.05, 0) is 31.0 Å². The molecule has 6 heteroatoms. The minimum absolute atomic E-state index is 0.0171. The van der Waals surface area contributed by atoms with Crippen LogP contribution in [0.5, 0.6) is 5.75 Å². The molecule has 128 valence electrons. The molecule has 1 N–H and O–H groups in total. The van der Waals surface area contributed by atoms with Gasteiger partial charge in [0.1, 0.15) is 18.5 Å². The van der Waals surface area contributed by atoms with Gasteiger partial charge in [-0.15, -0.1) is 0 Å². The van der Waals surface area contributed by atoms with E-state index in [2.05, 4.69) is 5.32 Å². The number of rotatable bonds is 5. The first-order chi connectivity index (χ1) is 12.1. The van der Waals surface area contributed by atoms with Gasteiger partial charge in [0.25, 0.3) is 5.91 Å². The largest absolute Gasteiger partial charge is 0.546 e. The highest BCUT2D eigenvalue weighted by Gasteiger charge is 2.42. The van der Waals surface area contributed by atoms with Crippen LogP contribution in [-0.2, 0) is 4.79 Å². The number of aliphatic carboxylic acids is 1. The van der Waals surface area contributed by atoms with Crippen LogP contribution in [-0.4, -0.2) is 29.4 Å². The van der Waals surface area contributed by atoms with Crippen LogP contribution in [0.15, 0.2) is 48.5 Å². The molecule has 6 nitrogen and oxygen atoms in total. The van der Waals surface area contributed by atoms with Crippen LogP contribution < -0.4 is 15.2 Å². The van der Waals surface area contributed by atoms with Crippen molar-refractivity contribution < 1.29 is 19.4 Å². The highest BCUT2D eigenvalue weighted by atomic mass is 16.5. The van der Waals surface area contributed by atoms with Crippen molar-refractivity contribution >= 4 is 17.6 Å². The lowest BCUT2D eigenvalue weighted by molar-refractivity contribution is -0.307. The molecule has 1 atom stereocenters. The van der Waals surface area contributed by atoms with Crippen LogP contribution in [0.1, 0.15) is 34.9 Å². The Morgan fingerprint density at radius 2 is 1.88 bits per heavy atom. The zero-order chi connectivity index (χ0) is 17.4. The molecule has 25 heavy (non-hydrogen) atoms. The molecule has 1 aliphatic heterocycles. The number of anilines is 1. The predicted molar refractivity (Wildman–Crippen MR) is 88.9 cm³/mol. The number of nitrogens with zero attached hydrogens (tertiary/aromatic N) is 1. The SMILES string of the molecule is O=C([O-])COc1ccccc1[C@H]1Nc2ccccc2C(=O)N1C1CC1. The fourth-order valence-corrected chi connectivity index (χ4v) is 3.20. The summed E-state index contributed by atoms with van der Waals surface area (Å²) in [6.07, 6.45) is 1.54. The van der Waals surface area contributed by atoms with E-state index in [4.69, 9.17) is 4.74 Å². The maximum Gasteiger partial charge on any atom is 0.258 e. The number of carbonyl (C=O) groups excluding carboxylic acids is 2. The molecule has 0 unspecified atom stereocenters. The molecule has 0 radical (unpaired) electrons. The Morgan fingerprint density at radius 1 is 1.16 bits per heavy atom. The first-order valence-electron chi connectivity index (χ1n) is 8.25. The average Bonchev–Trinajstić information content (AvgIpc) is 3.45. The van der Waals surface area contributed by atoms with E-state index >= 15 is 0 Å². The fraction of sp³-hybridized carbons (Fsp3) is 0.263. The summed E-state index contributed by atoms with van der Waals surface area (Å²) in [5, 5.41) is 14.1. The molecule has 1 aliphatic carbocycles. The molecule has 1 heterocycles. The van der Waals surface area contributed by atoms with Gasteiger partial charge in [0, 0.05) is 17.3 Å². The van der Waals surface area contributed by atoms with Gasteiger partial charge in [0.2, 0.25) is 0 Å². The van der Waals surface area contributed by atoms with Gasteiger partial charge < -0.3 is 24.9 Å². The molecule has 2 aromatic carbocycles. The Balaban J connectivity index is 1.74. The van der Waals surface area contributed by atoms with E-state index in [1.165, 1.54) is 0 Å². The summed E-state index contributed by atoms with van der Waals surface area (Å²) in [5.74, 6) is -0.870. The van der Waals surface area contributed by atoms with Crippen molar-refractivity contribution in [1.29, 1.82) is 0 Å². The van der Waals surface area contributed by atoms with Crippen molar-refractivity contribution in [3.63, 3.8) is 0 Å². The van der Waals surface area contributed by atoms with E-state index in [0.717, 1.165) is 24.1 Å². The van der Waals surface area contributed by atoms with Crippen LogP contribution in [0, 0.1) is 0 Å². The van der Waals surface area contributed by atoms with Gasteiger partial charge in [-0.1, -0.05) is 30.3 Å². The molecule has 1 fully saturated rings. The molecule has 0 saturated heterocycles. The maximum absolute atomic E-state index is 13.0. The van der Waals surface area contributed by atoms with Crippen molar-refractivity contribution in [2.24, 2.45) is 0 Å². The van der Waals surface area contributed by atoms with E-state index < -0.39 is 18.7 Å². The van der Waals surface area contributed by atoms with E-state index in [1.807, 2.05) is 41.3 Å². The Kier molecular flexibility index (Phi) is 3.80. The third kappa shape index (κ3) is 2.91. The number of benzene rings is 2. The second kappa shape index (κ2) is 6.12. The van der Waals surface area contributed by atoms with Gasteiger partial charge in [-0.3, -0.25) is 4.79 Å². The second-order valence-corrected chi connectivity index (χ2v) is 6.23. The third-order valence-electron chi connectivity index (χ3n) is 4.46. The van der Waals surface area contributed by atoms with Crippen molar-refractivity contribution in [3.8, 4) is 5.75 Å². The van der Waals surface area contributed by atoms with E-state index in [9.17, 15) is 14.7 Å². The van der Waals surface area contributed by atoms with Gasteiger partial charge >= 0.3 is 0 Å². The molecule has 0 spiro atoms. The maximum atomic E-state index is 13.0. The molecular formula is C19H17N2O4-. The lowest BCUT2D eigenvalue weighted by Gasteiger charge is -2.39. The van der Waals surface area contributed by atoms with Crippen molar-refractivity contribution in [3.05, 3.63) is 59.7 Å². The first kappa shape index (κ1) is 15.5. The number of nitrogens with one attached hydrogen (secondary N) is 1. The number of ether oxygens (including phenoxy) is 1. The number of para-hydroxylation sites is 2. The molecule has 0 aromatic heterocycles. The Bertz CT molecular complexity index is 832. The lowest BCUT2D eigenvalue weighted by Crippen LogP contribution is -2.44. The normalized spacial score (nSPS) is 19.1. The van der Waals surface area contributed by atoms with Crippen LogP contribution in [0.4, 0.5) is 5.69 Å². The number of hydrogen-bond donors (Lipinski definition) is 1. The summed E-state index contributed by atoms with van der Waals surface area (Å²) >= 11 is 0. The number of carboxylic acids is 1. The van der Waals surface area contributed by atoms with E-state index in [0.29, 0.717) is 11.3 Å². The quantitative estimate of drug-likeness (QED) is 0.895. The summed E-state index contributed by atoms with van der Waals surface area (Å²) in [6, 6.07) is 14.8. The fourth-order valence-electron chi connectivity index (χ4n) is 3.20. The van der Waals surface area contributed by atoms with Crippen molar-refractivity contribution in [2.45, 2.75) is 25.0 Å². The minimum Gasteiger partial charge on any atom is -0.546 e. The van der Waals surface area contributed by atoms with Crippen LogP contribution >= 0.6 is 0 Å². The first-order valence-corrected chi connectivity index (χ1v) is 8.25. The highest BCUT2D eigenvalue weighted by Crippen LogP contribution is 2.42. The van der Waals surface area contributed by atoms with Crippen molar-refractivity contribution in [2.75, 3.05) is 11.9 Å². The van der Waals surface area contributed by atoms with E-state index in [-0.39, 0.29) is 11.9 Å². The Hall–Kier alpha value is -3.02. The van der Waals surface area contributed by atoms with Gasteiger partial charge in [0.15, 0.2) is 0 Å². The number of carboxylic acid groups (broad SMARTS) is 1. The van der Waals surface area contributed by atoms with Gasteiger partial charge in [0.05, 0.1) is 11.5 Å². The Morgan fingerprint density at radius 3 is 2.64 bits per heavy atom. The van der Waals surface area contributed by atoms with Gasteiger partial charge in [-0.25, -0.2) is 0 Å². The third-order valence-corrected chi connectivity index (χ3v) is 4.46. The molecule has 1 amide bonds. The zero-order valence-electron chi connectivity index (χ0n) is 13.5. The number of amides is 1. The number of fused-ring (bicyclic) bond motifs is 1. The van der Waals surface area contributed by atoms with E-state index in [1.54, 1.807) is 12.1 Å². The molecule has 1 saturated carbocycles. The van der Waals surface area contributed by atoms with Crippen LogP contribution in [0.2, 0.25) is 0 Å². The summed E-state index contributed by atoms with van der Waals surface area (Å²) in [4.78, 5) is 25.6. The second-order valence-electron chi connectivity index (χ2n) is 6.23. The van der Waals surface area contributed by atoms with Gasteiger partial charge in [-0.2, -0.15) is 0 Å². The van der Waals surface area contributed by atoms with Crippen LogP contribution in [0.25, 0.3) is 0 Å². The zero-order valence-corrected chi connectivity index (χ0v) is 13.5. The van der Waals surface area contributed by atoms with Crippen molar-refractivity contribution in [1.82, 2.24) is 4.90 Å². The van der Waals surface area contributed by atoms with Crippen LogP contribution in [0.3, 0.4) is 0 Å². The minimum atomic E-state index is -1.29. The molecule has 2 aliphatic rings. The number of carbonyl (C=O) groups is 2. The highest BCUT2D eigenvalue weighted by molar-refractivity contribution is 6.02. The number of hydrogen-bond acceptors (Lipinski definition) is 5. The summed E-state index contributed by atoms with van der Waals surface area (Å²) in [6.45, 7) is -0.530. The molecule has 2 aromatic rings.